The summed E-state index contributed by atoms with van der Waals surface area (Å²) in [4.78, 5) is 21.9. The number of aryl methyl sites for hydroxylation is 1. The van der Waals surface area contributed by atoms with Gasteiger partial charge >= 0.3 is 5.63 Å². The van der Waals surface area contributed by atoms with Crippen LogP contribution in [0.1, 0.15) is 25.3 Å². The maximum atomic E-state index is 11.7. The summed E-state index contributed by atoms with van der Waals surface area (Å²) >= 11 is 0. The molecule has 1 aromatic carbocycles. The minimum atomic E-state index is -0.462. The second kappa shape index (κ2) is 5.00. The lowest BCUT2D eigenvalue weighted by Crippen LogP contribution is -2.06. The topological polar surface area (TPSA) is 73.3 Å². The van der Waals surface area contributed by atoms with Gasteiger partial charge in [-0.25, -0.2) is 4.79 Å². The first-order valence-corrected chi connectivity index (χ1v) is 5.83. The second-order valence-corrected chi connectivity index (χ2v) is 4.14. The van der Waals surface area contributed by atoms with Crippen molar-refractivity contribution in [2.75, 3.05) is 0 Å². The lowest BCUT2D eigenvalue weighted by atomic mass is 10.1. The molecule has 0 fully saturated rings. The van der Waals surface area contributed by atoms with Gasteiger partial charge in [0.2, 0.25) is 0 Å². The highest BCUT2D eigenvalue weighted by Crippen LogP contribution is 2.20. The van der Waals surface area contributed by atoms with Crippen LogP contribution in [0.25, 0.3) is 11.0 Å². The number of fused-ring (bicyclic) bond motifs is 1. The number of nitro groups is 1. The number of hydrogen-bond acceptors (Lipinski definition) is 4. The van der Waals surface area contributed by atoms with Gasteiger partial charge in [0.15, 0.2) is 0 Å². The number of rotatable bonds is 4. The number of hydrogen-bond donors (Lipinski definition) is 0. The fourth-order valence-electron chi connectivity index (χ4n) is 1.81. The van der Waals surface area contributed by atoms with Gasteiger partial charge in [0, 0.05) is 23.1 Å². The van der Waals surface area contributed by atoms with Crippen molar-refractivity contribution >= 4 is 16.7 Å². The maximum absolute atomic E-state index is 11.7. The van der Waals surface area contributed by atoms with E-state index in [1.54, 1.807) is 6.07 Å². The molecular weight excluding hydrogens is 234 g/mol. The van der Waals surface area contributed by atoms with Crippen molar-refractivity contribution in [3.05, 3.63) is 50.4 Å². The van der Waals surface area contributed by atoms with Crippen LogP contribution in [-0.2, 0) is 6.42 Å². The fraction of sp³-hybridized carbons (Fsp3) is 0.308. The van der Waals surface area contributed by atoms with Crippen LogP contribution in [0.4, 0.5) is 5.69 Å². The molecule has 0 aliphatic rings. The number of nitro benzene ring substituents is 1. The highest BCUT2D eigenvalue weighted by atomic mass is 16.6. The Morgan fingerprint density at radius 2 is 2.11 bits per heavy atom. The van der Waals surface area contributed by atoms with Crippen molar-refractivity contribution in [3.8, 4) is 0 Å². The van der Waals surface area contributed by atoms with Crippen LogP contribution < -0.4 is 5.63 Å². The third-order valence-electron chi connectivity index (χ3n) is 2.80. The standard InChI is InChI=1S/C13H13NO4/c1-2-3-4-9-7-10-8-11(14(16)17)5-6-12(10)18-13(9)15/h5-8H,2-4H2,1H3. The van der Waals surface area contributed by atoms with Crippen molar-refractivity contribution in [2.45, 2.75) is 26.2 Å². The third-order valence-corrected chi connectivity index (χ3v) is 2.80. The quantitative estimate of drug-likeness (QED) is 0.473. The summed E-state index contributed by atoms with van der Waals surface area (Å²) in [5.74, 6) is 0. The van der Waals surface area contributed by atoms with E-state index in [9.17, 15) is 14.9 Å². The van der Waals surface area contributed by atoms with Gasteiger partial charge in [-0.2, -0.15) is 0 Å². The van der Waals surface area contributed by atoms with Gasteiger partial charge in [-0.3, -0.25) is 10.1 Å². The summed E-state index contributed by atoms with van der Waals surface area (Å²) in [6, 6.07) is 5.90. The number of nitrogens with zero attached hydrogens (tertiary/aromatic N) is 1. The van der Waals surface area contributed by atoms with Crippen molar-refractivity contribution in [1.82, 2.24) is 0 Å². The number of non-ortho nitro benzene ring substituents is 1. The van der Waals surface area contributed by atoms with Crippen molar-refractivity contribution in [2.24, 2.45) is 0 Å². The first-order chi connectivity index (χ1) is 8.61. The van der Waals surface area contributed by atoms with Gasteiger partial charge in [0.05, 0.1) is 4.92 Å². The van der Waals surface area contributed by atoms with Crippen LogP contribution in [0.3, 0.4) is 0 Å². The van der Waals surface area contributed by atoms with Crippen molar-refractivity contribution < 1.29 is 9.34 Å². The fourth-order valence-corrected chi connectivity index (χ4v) is 1.81. The van der Waals surface area contributed by atoms with Crippen LogP contribution >= 0.6 is 0 Å². The second-order valence-electron chi connectivity index (χ2n) is 4.14. The Morgan fingerprint density at radius 1 is 1.33 bits per heavy atom. The van der Waals surface area contributed by atoms with E-state index in [2.05, 4.69) is 0 Å². The van der Waals surface area contributed by atoms with E-state index in [0.29, 0.717) is 23.0 Å². The summed E-state index contributed by atoms with van der Waals surface area (Å²) < 4.78 is 5.15. The molecule has 5 heteroatoms. The average molecular weight is 247 g/mol. The summed E-state index contributed by atoms with van der Waals surface area (Å²) in [5, 5.41) is 11.3. The Bertz CT molecular complexity index is 645. The van der Waals surface area contributed by atoms with E-state index in [-0.39, 0.29) is 11.3 Å². The zero-order valence-electron chi connectivity index (χ0n) is 10.0. The normalized spacial score (nSPS) is 10.7. The zero-order valence-corrected chi connectivity index (χ0v) is 10.0. The SMILES string of the molecule is CCCCc1cc2cc([N+](=O)[O-])ccc2oc1=O. The molecule has 94 valence electrons. The molecule has 0 aliphatic carbocycles. The molecule has 0 bridgehead atoms. The van der Waals surface area contributed by atoms with Gasteiger partial charge in [0.25, 0.3) is 5.69 Å². The molecule has 0 amide bonds. The molecule has 2 rings (SSSR count). The summed E-state index contributed by atoms with van der Waals surface area (Å²) in [7, 11) is 0. The van der Waals surface area contributed by atoms with Crippen LogP contribution in [0.15, 0.2) is 33.5 Å². The molecule has 1 aromatic heterocycles. The molecular formula is C13H13NO4. The van der Waals surface area contributed by atoms with Crippen LogP contribution in [0.5, 0.6) is 0 Å². The van der Waals surface area contributed by atoms with E-state index in [0.717, 1.165) is 12.8 Å². The summed E-state index contributed by atoms with van der Waals surface area (Å²) in [6.07, 6.45) is 2.51. The minimum Gasteiger partial charge on any atom is -0.423 e. The van der Waals surface area contributed by atoms with Gasteiger partial charge in [-0.15, -0.1) is 0 Å². The monoisotopic (exact) mass is 247 g/mol. The molecule has 0 aliphatic heterocycles. The summed E-state index contributed by atoms with van der Waals surface area (Å²) in [6.45, 7) is 2.04. The average Bonchev–Trinajstić information content (AvgIpc) is 2.35. The maximum Gasteiger partial charge on any atom is 0.339 e. The van der Waals surface area contributed by atoms with E-state index in [1.807, 2.05) is 6.92 Å². The van der Waals surface area contributed by atoms with Crippen molar-refractivity contribution in [3.63, 3.8) is 0 Å². The van der Waals surface area contributed by atoms with Gasteiger partial charge in [-0.1, -0.05) is 13.3 Å². The van der Waals surface area contributed by atoms with E-state index >= 15 is 0 Å². The Balaban J connectivity index is 2.52. The van der Waals surface area contributed by atoms with E-state index in [1.165, 1.54) is 18.2 Å². The smallest absolute Gasteiger partial charge is 0.339 e. The Hall–Kier alpha value is -2.17. The minimum absolute atomic E-state index is 0.00205. The zero-order chi connectivity index (χ0) is 13.1. The number of benzene rings is 1. The first-order valence-electron chi connectivity index (χ1n) is 5.83. The van der Waals surface area contributed by atoms with E-state index in [4.69, 9.17) is 4.42 Å². The largest absolute Gasteiger partial charge is 0.423 e. The van der Waals surface area contributed by atoms with Crippen molar-refractivity contribution in [1.29, 1.82) is 0 Å². The molecule has 0 saturated heterocycles. The molecule has 2 aromatic rings. The molecule has 18 heavy (non-hydrogen) atoms. The molecule has 0 spiro atoms. The molecule has 0 N–H and O–H groups in total. The van der Waals surface area contributed by atoms with E-state index < -0.39 is 4.92 Å². The molecule has 0 saturated carbocycles. The number of unbranched alkanes of at least 4 members (excludes halogenated alkanes) is 1. The highest BCUT2D eigenvalue weighted by Gasteiger charge is 2.10. The van der Waals surface area contributed by atoms with Gasteiger partial charge < -0.3 is 4.42 Å². The predicted molar refractivity (Wildman–Crippen MR) is 67.8 cm³/mol. The highest BCUT2D eigenvalue weighted by molar-refractivity contribution is 5.79. The molecule has 0 unspecified atom stereocenters. The molecule has 0 atom stereocenters. The van der Waals surface area contributed by atoms with Crippen LogP contribution in [-0.4, -0.2) is 4.92 Å². The van der Waals surface area contributed by atoms with Crippen LogP contribution in [0, 0.1) is 10.1 Å². The Labute approximate surface area is 103 Å². The first kappa shape index (κ1) is 12.3. The lowest BCUT2D eigenvalue weighted by molar-refractivity contribution is -0.384. The van der Waals surface area contributed by atoms with Gasteiger partial charge in [0.1, 0.15) is 5.58 Å². The molecule has 0 radical (unpaired) electrons. The van der Waals surface area contributed by atoms with Crippen LogP contribution in [0.2, 0.25) is 0 Å². The third kappa shape index (κ3) is 2.40. The lowest BCUT2D eigenvalue weighted by Gasteiger charge is -2.01. The Kier molecular flexibility index (Phi) is 3.41. The van der Waals surface area contributed by atoms with Gasteiger partial charge in [-0.05, 0) is 25.0 Å². The summed E-state index contributed by atoms with van der Waals surface area (Å²) in [5.41, 5.74) is 0.596. The Morgan fingerprint density at radius 3 is 2.78 bits per heavy atom. The predicted octanol–water partition coefficient (Wildman–Crippen LogP) is 3.04. The molecule has 5 nitrogen and oxygen atoms in total. The molecule has 1 heterocycles.